The van der Waals surface area contributed by atoms with Gasteiger partial charge in [-0.25, -0.2) is 0 Å². The van der Waals surface area contributed by atoms with Crippen molar-refractivity contribution in [3.8, 4) is 5.75 Å². The van der Waals surface area contributed by atoms with Crippen LogP contribution in [0.15, 0.2) is 73.1 Å². The minimum atomic E-state index is -1.41. The van der Waals surface area contributed by atoms with Crippen molar-refractivity contribution in [2.45, 2.75) is 5.60 Å². The van der Waals surface area contributed by atoms with Crippen molar-refractivity contribution < 1.29 is 9.84 Å². The van der Waals surface area contributed by atoms with Crippen molar-refractivity contribution in [1.82, 2.24) is 9.97 Å². The van der Waals surface area contributed by atoms with Crippen LogP contribution in [0.25, 0.3) is 0 Å². The van der Waals surface area contributed by atoms with E-state index in [9.17, 15) is 5.11 Å². The Balaban J connectivity index is 2.18. The first-order chi connectivity index (χ1) is 10.7. The highest BCUT2D eigenvalue weighted by Crippen LogP contribution is 2.34. The van der Waals surface area contributed by atoms with Crippen LogP contribution in [0, 0.1) is 0 Å². The van der Waals surface area contributed by atoms with Gasteiger partial charge in [-0.2, -0.15) is 0 Å². The van der Waals surface area contributed by atoms with Gasteiger partial charge in [0.1, 0.15) is 5.75 Å². The first-order valence-corrected chi connectivity index (χ1v) is 6.95. The Kier molecular flexibility index (Phi) is 3.85. The molecule has 0 aliphatic rings. The molecule has 3 rings (SSSR count). The molecule has 0 unspecified atom stereocenters. The summed E-state index contributed by atoms with van der Waals surface area (Å²) in [5, 5.41) is 11.4. The van der Waals surface area contributed by atoms with Gasteiger partial charge in [-0.05, 0) is 42.0 Å². The third-order valence-corrected chi connectivity index (χ3v) is 3.58. The van der Waals surface area contributed by atoms with Gasteiger partial charge in [0.25, 0.3) is 0 Å². The summed E-state index contributed by atoms with van der Waals surface area (Å²) < 4.78 is 5.18. The number of ether oxygens (including phenoxy) is 1. The molecule has 0 fully saturated rings. The van der Waals surface area contributed by atoms with Crippen LogP contribution in [-0.2, 0) is 5.60 Å². The smallest absolute Gasteiger partial charge is 0.174 e. The zero-order valence-corrected chi connectivity index (χ0v) is 12.2. The molecule has 0 spiro atoms. The second kappa shape index (κ2) is 5.95. The van der Waals surface area contributed by atoms with Crippen molar-refractivity contribution in [2.24, 2.45) is 0 Å². The van der Waals surface area contributed by atoms with Gasteiger partial charge in [-0.1, -0.05) is 24.3 Å². The maximum atomic E-state index is 11.4. The molecule has 0 aliphatic carbocycles. The van der Waals surface area contributed by atoms with E-state index in [-0.39, 0.29) is 0 Å². The summed E-state index contributed by atoms with van der Waals surface area (Å²) >= 11 is 0. The maximum absolute atomic E-state index is 11.4. The molecule has 110 valence electrons. The minimum Gasteiger partial charge on any atom is -0.497 e. The summed E-state index contributed by atoms with van der Waals surface area (Å²) in [6.07, 6.45) is 3.32. The van der Waals surface area contributed by atoms with Gasteiger partial charge in [-0.3, -0.25) is 9.97 Å². The van der Waals surface area contributed by atoms with Gasteiger partial charge in [0.2, 0.25) is 0 Å². The summed E-state index contributed by atoms with van der Waals surface area (Å²) in [6.45, 7) is 0. The Bertz CT molecular complexity index is 689. The third-order valence-electron chi connectivity index (χ3n) is 3.58. The van der Waals surface area contributed by atoms with E-state index in [1.807, 2.05) is 48.5 Å². The summed E-state index contributed by atoms with van der Waals surface area (Å²) in [5.74, 6) is 0.730. The molecule has 4 heteroatoms. The first kappa shape index (κ1) is 14.2. The minimum absolute atomic E-state index is 0.527. The Labute approximate surface area is 129 Å². The van der Waals surface area contributed by atoms with Crippen LogP contribution in [0.1, 0.15) is 17.0 Å². The summed E-state index contributed by atoms with van der Waals surface area (Å²) in [7, 11) is 1.61. The van der Waals surface area contributed by atoms with Gasteiger partial charge < -0.3 is 9.84 Å². The lowest BCUT2D eigenvalue weighted by atomic mass is 9.86. The summed E-state index contributed by atoms with van der Waals surface area (Å²) in [6, 6.07) is 18.2. The molecule has 2 heterocycles. The van der Waals surface area contributed by atoms with Crippen molar-refractivity contribution in [3.05, 3.63) is 90.0 Å². The van der Waals surface area contributed by atoms with Gasteiger partial charge in [0, 0.05) is 12.4 Å². The molecule has 1 aromatic carbocycles. The number of rotatable bonds is 4. The molecular formula is C18H16N2O2. The van der Waals surface area contributed by atoms with Crippen molar-refractivity contribution in [3.63, 3.8) is 0 Å². The quantitative estimate of drug-likeness (QED) is 0.803. The molecule has 0 amide bonds. The molecule has 0 atom stereocenters. The lowest BCUT2D eigenvalue weighted by molar-refractivity contribution is 0.116. The number of nitrogens with zero attached hydrogens (tertiary/aromatic N) is 2. The number of hydrogen-bond donors (Lipinski definition) is 1. The standard InChI is InChI=1S/C18H16N2O2/c1-22-15-10-8-14(9-11-15)18(21,16-6-2-4-12-19-16)17-7-3-5-13-20-17/h2-13,21H,1H3. The largest absolute Gasteiger partial charge is 0.497 e. The molecule has 0 bridgehead atoms. The van der Waals surface area contributed by atoms with Gasteiger partial charge >= 0.3 is 0 Å². The molecule has 0 saturated heterocycles. The fourth-order valence-corrected chi connectivity index (χ4v) is 2.41. The fraction of sp³-hybridized carbons (Fsp3) is 0.111. The highest BCUT2D eigenvalue weighted by Gasteiger charge is 2.36. The van der Waals surface area contributed by atoms with E-state index in [0.29, 0.717) is 17.0 Å². The second-order valence-electron chi connectivity index (χ2n) is 4.87. The number of aliphatic hydroxyl groups is 1. The molecule has 4 nitrogen and oxygen atoms in total. The zero-order valence-electron chi connectivity index (χ0n) is 12.2. The number of aromatic nitrogens is 2. The lowest BCUT2D eigenvalue weighted by Crippen LogP contribution is -2.31. The van der Waals surface area contributed by atoms with Crippen LogP contribution >= 0.6 is 0 Å². The molecule has 2 aromatic heterocycles. The average Bonchev–Trinajstić information content (AvgIpc) is 2.62. The Morgan fingerprint density at radius 3 is 1.77 bits per heavy atom. The predicted octanol–water partition coefficient (Wildman–Crippen LogP) is 2.77. The lowest BCUT2D eigenvalue weighted by Gasteiger charge is -2.27. The Hall–Kier alpha value is -2.72. The van der Waals surface area contributed by atoms with Crippen molar-refractivity contribution in [2.75, 3.05) is 7.11 Å². The topological polar surface area (TPSA) is 55.2 Å². The molecular weight excluding hydrogens is 276 g/mol. The zero-order chi connectivity index (χ0) is 15.4. The van der Waals surface area contributed by atoms with E-state index in [1.54, 1.807) is 31.6 Å². The maximum Gasteiger partial charge on any atom is 0.174 e. The van der Waals surface area contributed by atoms with Crippen LogP contribution in [0.3, 0.4) is 0 Å². The summed E-state index contributed by atoms with van der Waals surface area (Å²) in [4.78, 5) is 8.65. The third kappa shape index (κ3) is 2.44. The van der Waals surface area contributed by atoms with Gasteiger partial charge in [0.15, 0.2) is 5.60 Å². The Morgan fingerprint density at radius 2 is 1.36 bits per heavy atom. The fourth-order valence-electron chi connectivity index (χ4n) is 2.41. The highest BCUT2D eigenvalue weighted by molar-refractivity contribution is 5.43. The van der Waals surface area contributed by atoms with Crippen LogP contribution in [0.5, 0.6) is 5.75 Å². The normalized spacial score (nSPS) is 11.2. The van der Waals surface area contributed by atoms with E-state index in [1.165, 1.54) is 0 Å². The highest BCUT2D eigenvalue weighted by atomic mass is 16.5. The molecule has 3 aromatic rings. The second-order valence-corrected chi connectivity index (χ2v) is 4.87. The van der Waals surface area contributed by atoms with Crippen LogP contribution < -0.4 is 4.74 Å². The molecule has 22 heavy (non-hydrogen) atoms. The van der Waals surface area contributed by atoms with Crippen LogP contribution in [0.2, 0.25) is 0 Å². The monoisotopic (exact) mass is 292 g/mol. The van der Waals surface area contributed by atoms with Crippen molar-refractivity contribution in [1.29, 1.82) is 0 Å². The average molecular weight is 292 g/mol. The summed E-state index contributed by atoms with van der Waals surface area (Å²) in [5.41, 5.74) is 0.331. The number of hydrogen-bond acceptors (Lipinski definition) is 4. The molecule has 1 N–H and O–H groups in total. The van der Waals surface area contributed by atoms with E-state index >= 15 is 0 Å². The van der Waals surface area contributed by atoms with Crippen LogP contribution in [-0.4, -0.2) is 22.2 Å². The predicted molar refractivity (Wildman–Crippen MR) is 83.6 cm³/mol. The van der Waals surface area contributed by atoms with E-state index in [4.69, 9.17) is 4.74 Å². The van der Waals surface area contributed by atoms with E-state index in [2.05, 4.69) is 9.97 Å². The SMILES string of the molecule is COc1ccc(C(O)(c2ccccn2)c2ccccn2)cc1. The van der Waals surface area contributed by atoms with E-state index in [0.717, 1.165) is 5.75 Å². The molecule has 0 radical (unpaired) electrons. The Morgan fingerprint density at radius 1 is 0.818 bits per heavy atom. The number of benzene rings is 1. The van der Waals surface area contributed by atoms with Crippen LogP contribution in [0.4, 0.5) is 0 Å². The number of methoxy groups -OCH3 is 1. The molecule has 0 aliphatic heterocycles. The van der Waals surface area contributed by atoms with Crippen molar-refractivity contribution >= 4 is 0 Å². The van der Waals surface area contributed by atoms with E-state index < -0.39 is 5.60 Å². The number of pyridine rings is 2. The first-order valence-electron chi connectivity index (χ1n) is 6.95. The molecule has 0 saturated carbocycles. The van der Waals surface area contributed by atoms with Gasteiger partial charge in [-0.15, -0.1) is 0 Å². The van der Waals surface area contributed by atoms with Gasteiger partial charge in [0.05, 0.1) is 18.5 Å².